The van der Waals surface area contributed by atoms with E-state index in [1.165, 1.54) is 5.56 Å². The van der Waals surface area contributed by atoms with Crippen LogP contribution in [0.3, 0.4) is 0 Å². The van der Waals surface area contributed by atoms with Crippen LogP contribution in [0.5, 0.6) is 0 Å². The first-order valence-electron chi connectivity index (χ1n) is 7.00. The molecular formula is C15H22N2O2S. The van der Waals surface area contributed by atoms with Crippen LogP contribution in [-0.2, 0) is 5.75 Å². The van der Waals surface area contributed by atoms with E-state index in [1.807, 2.05) is 18.2 Å². The molecule has 2 rings (SSSR count). The summed E-state index contributed by atoms with van der Waals surface area (Å²) in [5, 5.41) is 15.4. The van der Waals surface area contributed by atoms with E-state index < -0.39 is 0 Å². The van der Waals surface area contributed by atoms with Crippen LogP contribution in [0, 0.1) is 5.92 Å². The molecule has 2 amide bonds. The number of thioether (sulfide) groups is 1. The zero-order chi connectivity index (χ0) is 14.4. The Kier molecular flexibility index (Phi) is 5.73. The van der Waals surface area contributed by atoms with Crippen molar-refractivity contribution in [1.82, 2.24) is 5.32 Å². The largest absolute Gasteiger partial charge is 0.393 e. The van der Waals surface area contributed by atoms with Crippen molar-refractivity contribution in [3.8, 4) is 0 Å². The lowest BCUT2D eigenvalue weighted by Crippen LogP contribution is -2.35. The molecule has 4 nitrogen and oxygen atoms in total. The van der Waals surface area contributed by atoms with Gasteiger partial charge in [-0.3, -0.25) is 0 Å². The number of urea groups is 1. The van der Waals surface area contributed by atoms with Crippen LogP contribution in [-0.4, -0.2) is 30.0 Å². The van der Waals surface area contributed by atoms with Crippen LogP contribution in [0.4, 0.5) is 10.5 Å². The number of hydrogen-bond acceptors (Lipinski definition) is 3. The summed E-state index contributed by atoms with van der Waals surface area (Å²) in [6.07, 6.45) is 4.68. The Morgan fingerprint density at radius 2 is 2.30 bits per heavy atom. The SMILES string of the molecule is CSCc1cccc(NC(=O)NC[C@H]2CCC[C@@H]2O)c1. The number of rotatable bonds is 5. The molecular weight excluding hydrogens is 272 g/mol. The van der Waals surface area contributed by atoms with Crippen LogP contribution in [0.2, 0.25) is 0 Å². The van der Waals surface area contributed by atoms with Crippen molar-refractivity contribution in [3.63, 3.8) is 0 Å². The van der Waals surface area contributed by atoms with Gasteiger partial charge in [0.2, 0.25) is 0 Å². The summed E-state index contributed by atoms with van der Waals surface area (Å²) < 4.78 is 0. The maximum absolute atomic E-state index is 11.8. The molecule has 20 heavy (non-hydrogen) atoms. The zero-order valence-electron chi connectivity index (χ0n) is 11.8. The lowest BCUT2D eigenvalue weighted by atomic mass is 10.1. The molecule has 0 heterocycles. The summed E-state index contributed by atoms with van der Waals surface area (Å²) in [6, 6.07) is 7.66. The first kappa shape index (κ1) is 15.2. The molecule has 1 aliphatic carbocycles. The van der Waals surface area contributed by atoms with Gasteiger partial charge in [0.25, 0.3) is 0 Å². The second kappa shape index (κ2) is 7.55. The van der Waals surface area contributed by atoms with Crippen molar-refractivity contribution < 1.29 is 9.90 Å². The van der Waals surface area contributed by atoms with Crippen LogP contribution in [0.25, 0.3) is 0 Å². The van der Waals surface area contributed by atoms with E-state index in [1.54, 1.807) is 11.8 Å². The summed E-state index contributed by atoms with van der Waals surface area (Å²) in [5.41, 5.74) is 2.00. The molecule has 0 saturated heterocycles. The van der Waals surface area contributed by atoms with Crippen molar-refractivity contribution in [2.24, 2.45) is 5.92 Å². The summed E-state index contributed by atoms with van der Waals surface area (Å²) in [5.74, 6) is 1.13. The van der Waals surface area contributed by atoms with E-state index in [0.717, 1.165) is 30.7 Å². The lowest BCUT2D eigenvalue weighted by molar-refractivity contribution is 0.133. The normalized spacial score (nSPS) is 21.7. The van der Waals surface area contributed by atoms with Crippen LogP contribution >= 0.6 is 11.8 Å². The van der Waals surface area contributed by atoms with Crippen LogP contribution < -0.4 is 10.6 Å². The van der Waals surface area contributed by atoms with Gasteiger partial charge in [-0.25, -0.2) is 4.79 Å². The molecule has 1 saturated carbocycles. The van der Waals surface area contributed by atoms with Crippen molar-refractivity contribution in [2.75, 3.05) is 18.1 Å². The second-order valence-corrected chi connectivity index (χ2v) is 6.09. The van der Waals surface area contributed by atoms with Gasteiger partial charge >= 0.3 is 6.03 Å². The van der Waals surface area contributed by atoms with Crippen molar-refractivity contribution in [2.45, 2.75) is 31.1 Å². The predicted molar refractivity (Wildman–Crippen MR) is 84.0 cm³/mol. The molecule has 0 aliphatic heterocycles. The summed E-state index contributed by atoms with van der Waals surface area (Å²) in [4.78, 5) is 11.8. The third-order valence-corrected chi connectivity index (χ3v) is 4.26. The number of nitrogens with one attached hydrogen (secondary N) is 2. The molecule has 2 atom stereocenters. The highest BCUT2D eigenvalue weighted by atomic mass is 32.2. The highest BCUT2D eigenvalue weighted by Gasteiger charge is 2.25. The minimum Gasteiger partial charge on any atom is -0.393 e. The molecule has 1 aromatic carbocycles. The monoisotopic (exact) mass is 294 g/mol. The Balaban J connectivity index is 1.80. The van der Waals surface area contributed by atoms with Crippen LogP contribution in [0.1, 0.15) is 24.8 Å². The van der Waals surface area contributed by atoms with Gasteiger partial charge in [-0.05, 0) is 36.8 Å². The van der Waals surface area contributed by atoms with Crippen molar-refractivity contribution in [3.05, 3.63) is 29.8 Å². The molecule has 1 fully saturated rings. The van der Waals surface area contributed by atoms with Gasteiger partial charge < -0.3 is 15.7 Å². The quantitative estimate of drug-likeness (QED) is 0.782. The van der Waals surface area contributed by atoms with E-state index in [0.29, 0.717) is 6.54 Å². The van der Waals surface area contributed by atoms with Gasteiger partial charge in [0, 0.05) is 23.9 Å². The smallest absolute Gasteiger partial charge is 0.319 e. The van der Waals surface area contributed by atoms with Crippen molar-refractivity contribution in [1.29, 1.82) is 0 Å². The molecule has 110 valence electrons. The van der Waals surface area contributed by atoms with Gasteiger partial charge in [-0.1, -0.05) is 18.6 Å². The first-order chi connectivity index (χ1) is 9.69. The summed E-state index contributed by atoms with van der Waals surface area (Å²) in [6.45, 7) is 0.539. The Morgan fingerprint density at radius 3 is 3.00 bits per heavy atom. The number of anilines is 1. The molecule has 0 radical (unpaired) electrons. The average Bonchev–Trinajstić information content (AvgIpc) is 2.83. The number of aliphatic hydroxyl groups excluding tert-OH is 1. The number of carbonyl (C=O) groups is 1. The van der Waals surface area contributed by atoms with Crippen molar-refractivity contribution >= 4 is 23.5 Å². The molecule has 0 unspecified atom stereocenters. The number of benzene rings is 1. The van der Waals surface area contributed by atoms with E-state index in [-0.39, 0.29) is 18.1 Å². The fourth-order valence-corrected chi connectivity index (χ4v) is 3.07. The van der Waals surface area contributed by atoms with Gasteiger partial charge in [0.05, 0.1) is 6.10 Å². The Hall–Kier alpha value is -1.20. The Labute approximate surface area is 124 Å². The third kappa shape index (κ3) is 4.42. The van der Waals surface area contributed by atoms with E-state index in [4.69, 9.17) is 0 Å². The number of carbonyl (C=O) groups excluding carboxylic acids is 1. The average molecular weight is 294 g/mol. The minimum atomic E-state index is -0.264. The molecule has 1 aliphatic rings. The fourth-order valence-electron chi connectivity index (χ4n) is 2.56. The van der Waals surface area contributed by atoms with E-state index in [9.17, 15) is 9.90 Å². The topological polar surface area (TPSA) is 61.4 Å². The van der Waals surface area contributed by atoms with Gasteiger partial charge in [0.15, 0.2) is 0 Å². The predicted octanol–water partition coefficient (Wildman–Crippen LogP) is 2.83. The maximum Gasteiger partial charge on any atom is 0.319 e. The second-order valence-electron chi connectivity index (χ2n) is 5.23. The van der Waals surface area contributed by atoms with Gasteiger partial charge in [0.1, 0.15) is 0 Å². The third-order valence-electron chi connectivity index (χ3n) is 3.64. The standard InChI is InChI=1S/C15H22N2O2S/c1-20-10-11-4-2-6-13(8-11)17-15(19)16-9-12-5-3-7-14(12)18/h2,4,6,8,12,14,18H,3,5,7,9-10H2,1H3,(H2,16,17,19)/t12-,14+/m1/s1. The molecule has 5 heteroatoms. The van der Waals surface area contributed by atoms with Crippen LogP contribution in [0.15, 0.2) is 24.3 Å². The Bertz CT molecular complexity index is 453. The zero-order valence-corrected chi connectivity index (χ0v) is 12.6. The molecule has 0 bridgehead atoms. The van der Waals surface area contributed by atoms with Gasteiger partial charge in [-0.2, -0.15) is 11.8 Å². The highest BCUT2D eigenvalue weighted by Crippen LogP contribution is 2.24. The Morgan fingerprint density at radius 1 is 1.45 bits per heavy atom. The summed E-state index contributed by atoms with van der Waals surface area (Å²) in [7, 11) is 0. The minimum absolute atomic E-state index is 0.198. The maximum atomic E-state index is 11.8. The van der Waals surface area contributed by atoms with E-state index >= 15 is 0 Å². The number of amides is 2. The summed E-state index contributed by atoms with van der Waals surface area (Å²) >= 11 is 1.75. The molecule has 1 aromatic rings. The molecule has 0 aromatic heterocycles. The number of aliphatic hydroxyl groups is 1. The van der Waals surface area contributed by atoms with E-state index in [2.05, 4.69) is 23.0 Å². The molecule has 0 spiro atoms. The highest BCUT2D eigenvalue weighted by molar-refractivity contribution is 7.97. The number of hydrogen-bond donors (Lipinski definition) is 3. The van der Waals surface area contributed by atoms with Gasteiger partial charge in [-0.15, -0.1) is 0 Å². The fraction of sp³-hybridized carbons (Fsp3) is 0.533. The molecule has 3 N–H and O–H groups in total. The first-order valence-corrected chi connectivity index (χ1v) is 8.39. The lowest BCUT2D eigenvalue weighted by Gasteiger charge is -2.15.